The van der Waals surface area contributed by atoms with Gasteiger partial charge >= 0.3 is 16.8 Å². The normalized spacial score (nSPS) is 10.9. The third kappa shape index (κ3) is 4.48. The van der Waals surface area contributed by atoms with E-state index in [9.17, 15) is 0 Å². The average Bonchev–Trinajstić information content (AvgIpc) is 2.88. The number of hydrogen-bond donors (Lipinski definition) is 0. The topological polar surface area (TPSA) is 0 Å². The third-order valence-corrected chi connectivity index (χ3v) is 10.7. The molecule has 0 N–H and O–H groups in total. The minimum absolute atomic E-state index is 0.551. The van der Waals surface area contributed by atoms with Gasteiger partial charge in [-0.05, 0) is 32.6 Å². The molecule has 0 heterocycles. The Morgan fingerprint density at radius 1 is 0.375 bits per heavy atom. The molecule has 0 aromatic heterocycles. The molecule has 4 aromatic carbocycles. The van der Waals surface area contributed by atoms with Gasteiger partial charge < -0.3 is 0 Å². The van der Waals surface area contributed by atoms with Gasteiger partial charge in [-0.1, -0.05) is 132 Å². The van der Waals surface area contributed by atoms with E-state index in [-0.39, 0.29) is 0 Å². The van der Waals surface area contributed by atoms with E-state index in [2.05, 4.69) is 22.9 Å². The Hall–Kier alpha value is -3.71. The van der Waals surface area contributed by atoms with Gasteiger partial charge in [-0.25, -0.2) is 0 Å². The SMILES string of the molecule is F[Si](C#CC#C[Si](F)(c1ccccc1)c1ccccc1)(c1ccccc1)c1ccccc1. The summed E-state index contributed by atoms with van der Waals surface area (Å²) in [5.74, 6) is 5.38. The van der Waals surface area contributed by atoms with Gasteiger partial charge in [-0.15, -0.1) is 0 Å². The van der Waals surface area contributed by atoms with Crippen molar-refractivity contribution in [1.29, 1.82) is 0 Å². The Labute approximate surface area is 190 Å². The van der Waals surface area contributed by atoms with E-state index in [4.69, 9.17) is 0 Å². The van der Waals surface area contributed by atoms with Gasteiger partial charge in [0, 0.05) is 0 Å². The van der Waals surface area contributed by atoms with Crippen molar-refractivity contribution >= 4 is 37.6 Å². The molecule has 0 aliphatic carbocycles. The second kappa shape index (κ2) is 9.62. The van der Waals surface area contributed by atoms with E-state index in [1.165, 1.54) is 0 Å². The second-order valence-electron chi connectivity index (χ2n) is 7.28. The molecule has 0 saturated heterocycles. The van der Waals surface area contributed by atoms with Crippen LogP contribution >= 0.6 is 0 Å². The maximum Gasteiger partial charge on any atom is 0.385 e. The highest BCUT2D eigenvalue weighted by molar-refractivity contribution is 7.03. The molecule has 4 heteroatoms. The first-order chi connectivity index (χ1) is 15.6. The predicted octanol–water partition coefficient (Wildman–Crippen LogP) is 3.53. The second-order valence-corrected chi connectivity index (χ2v) is 12.7. The molecule has 0 unspecified atom stereocenters. The smallest absolute Gasteiger partial charge is 0.285 e. The Morgan fingerprint density at radius 3 is 0.812 bits per heavy atom. The molecular weight excluding hydrogens is 430 g/mol. The van der Waals surface area contributed by atoms with Crippen LogP contribution in [0.5, 0.6) is 0 Å². The van der Waals surface area contributed by atoms with Crippen LogP contribution in [0.4, 0.5) is 8.22 Å². The molecule has 32 heavy (non-hydrogen) atoms. The van der Waals surface area contributed by atoms with E-state index in [1.54, 1.807) is 97.1 Å². The minimum Gasteiger partial charge on any atom is -0.285 e. The fraction of sp³-hybridized carbons (Fsp3) is 0. The lowest BCUT2D eigenvalue weighted by atomic mass is 10.4. The lowest BCUT2D eigenvalue weighted by Crippen LogP contribution is -2.54. The van der Waals surface area contributed by atoms with E-state index >= 15 is 8.22 Å². The van der Waals surface area contributed by atoms with Gasteiger partial charge in [0.1, 0.15) is 0 Å². The van der Waals surface area contributed by atoms with Gasteiger partial charge in [0.15, 0.2) is 0 Å². The maximum absolute atomic E-state index is 16.3. The average molecular weight is 451 g/mol. The van der Waals surface area contributed by atoms with E-state index in [0.717, 1.165) is 0 Å². The van der Waals surface area contributed by atoms with Crippen LogP contribution in [0.15, 0.2) is 121 Å². The molecule has 0 aliphatic rings. The van der Waals surface area contributed by atoms with Crippen LogP contribution in [-0.2, 0) is 0 Å². The molecule has 0 fully saturated rings. The molecule has 0 spiro atoms. The Bertz CT molecular complexity index is 1100. The zero-order valence-electron chi connectivity index (χ0n) is 17.3. The van der Waals surface area contributed by atoms with Crippen molar-refractivity contribution in [3.05, 3.63) is 121 Å². The summed E-state index contributed by atoms with van der Waals surface area (Å²) in [6.45, 7) is 0. The highest BCUT2D eigenvalue weighted by atomic mass is 28.4. The van der Waals surface area contributed by atoms with Crippen LogP contribution in [0, 0.1) is 22.9 Å². The number of rotatable bonds is 4. The molecule has 0 aliphatic heterocycles. The standard InChI is InChI=1S/C28H20F2Si2/c29-31(25-15-5-1-6-16-25,26-17-7-2-8-18-26)23-13-14-24-32(30,27-19-9-3-10-20-27)28-21-11-4-12-22-28/h1-12,15-22H. The summed E-state index contributed by atoms with van der Waals surface area (Å²) in [7, 11) is -7.65. The van der Waals surface area contributed by atoms with Crippen LogP contribution in [0.2, 0.25) is 0 Å². The first kappa shape index (κ1) is 21.5. The first-order valence-corrected chi connectivity index (χ1v) is 14.0. The summed E-state index contributed by atoms with van der Waals surface area (Å²) in [4.78, 5) is 0. The number of halogens is 2. The molecule has 0 amide bonds. The van der Waals surface area contributed by atoms with Gasteiger partial charge in [0.05, 0.1) is 0 Å². The molecule has 0 saturated carbocycles. The first-order valence-electron chi connectivity index (χ1n) is 10.3. The van der Waals surface area contributed by atoms with Crippen LogP contribution in [0.3, 0.4) is 0 Å². The van der Waals surface area contributed by atoms with Crippen LogP contribution < -0.4 is 20.7 Å². The van der Waals surface area contributed by atoms with Crippen molar-refractivity contribution in [2.24, 2.45) is 0 Å². The van der Waals surface area contributed by atoms with Crippen LogP contribution in [0.25, 0.3) is 0 Å². The summed E-state index contributed by atoms with van der Waals surface area (Å²) in [5, 5.41) is 2.21. The molecular formula is C28H20F2Si2. The maximum atomic E-state index is 16.3. The zero-order chi connectivity index (χ0) is 22.3. The predicted molar refractivity (Wildman–Crippen MR) is 134 cm³/mol. The Kier molecular flexibility index (Phi) is 6.47. The van der Waals surface area contributed by atoms with Crippen LogP contribution in [0.1, 0.15) is 0 Å². The van der Waals surface area contributed by atoms with Crippen molar-refractivity contribution in [3.8, 4) is 22.9 Å². The highest BCUT2D eigenvalue weighted by Crippen LogP contribution is 2.08. The summed E-state index contributed by atoms with van der Waals surface area (Å²) in [5.41, 5.74) is 5.62. The largest absolute Gasteiger partial charge is 0.385 e. The van der Waals surface area contributed by atoms with Gasteiger partial charge in [-0.2, -0.15) is 0 Å². The quantitative estimate of drug-likeness (QED) is 0.254. The van der Waals surface area contributed by atoms with Crippen molar-refractivity contribution in [1.82, 2.24) is 0 Å². The van der Waals surface area contributed by atoms with E-state index in [0.29, 0.717) is 20.7 Å². The van der Waals surface area contributed by atoms with E-state index in [1.807, 2.05) is 24.3 Å². The van der Waals surface area contributed by atoms with Crippen molar-refractivity contribution in [3.63, 3.8) is 0 Å². The monoisotopic (exact) mass is 450 g/mol. The highest BCUT2D eigenvalue weighted by Gasteiger charge is 2.38. The van der Waals surface area contributed by atoms with Gasteiger partial charge in [0.2, 0.25) is 0 Å². The molecule has 154 valence electrons. The Balaban J connectivity index is 1.78. The molecule has 0 atom stereocenters. The zero-order valence-corrected chi connectivity index (χ0v) is 19.3. The van der Waals surface area contributed by atoms with Gasteiger partial charge in [0.25, 0.3) is 0 Å². The summed E-state index contributed by atoms with van der Waals surface area (Å²) in [6, 6.07) is 35.8. The molecule has 0 bridgehead atoms. The summed E-state index contributed by atoms with van der Waals surface area (Å²) >= 11 is 0. The number of hydrogen-bond acceptors (Lipinski definition) is 0. The Morgan fingerprint density at radius 2 is 0.594 bits per heavy atom. The lowest BCUT2D eigenvalue weighted by Gasteiger charge is -2.17. The summed E-state index contributed by atoms with van der Waals surface area (Å²) in [6.07, 6.45) is 0. The van der Waals surface area contributed by atoms with Crippen molar-refractivity contribution in [2.75, 3.05) is 0 Å². The van der Waals surface area contributed by atoms with Crippen molar-refractivity contribution in [2.45, 2.75) is 0 Å². The van der Waals surface area contributed by atoms with Crippen LogP contribution in [-0.4, -0.2) is 16.8 Å². The molecule has 4 rings (SSSR count). The minimum atomic E-state index is -3.83. The summed E-state index contributed by atoms with van der Waals surface area (Å²) < 4.78 is 32.7. The van der Waals surface area contributed by atoms with Gasteiger partial charge in [-0.3, -0.25) is 8.22 Å². The lowest BCUT2D eigenvalue weighted by molar-refractivity contribution is 0.844. The van der Waals surface area contributed by atoms with E-state index < -0.39 is 16.8 Å². The molecule has 4 aromatic rings. The third-order valence-electron chi connectivity index (χ3n) is 5.22. The molecule has 0 radical (unpaired) electrons. The fourth-order valence-electron chi connectivity index (χ4n) is 3.53. The molecule has 0 nitrogen and oxygen atoms in total. The number of benzene rings is 4. The fourth-order valence-corrected chi connectivity index (χ4v) is 7.85. The van der Waals surface area contributed by atoms with Crippen molar-refractivity contribution < 1.29 is 8.22 Å².